The number of rotatable bonds is 25. The van der Waals surface area contributed by atoms with E-state index < -0.39 is 0 Å². The van der Waals surface area contributed by atoms with Crippen LogP contribution in [0, 0.1) is 0 Å². The van der Waals surface area contributed by atoms with Gasteiger partial charge in [0, 0.05) is 19.6 Å². The van der Waals surface area contributed by atoms with Gasteiger partial charge in [0.15, 0.2) is 6.29 Å². The second kappa shape index (κ2) is 31.5. The Hall–Kier alpha value is -0.545. The molecule has 0 aromatic carbocycles. The van der Waals surface area contributed by atoms with E-state index in [1.807, 2.05) is 13.8 Å². The molecule has 0 amide bonds. The molecule has 0 aromatic heterocycles. The van der Waals surface area contributed by atoms with Crippen molar-refractivity contribution in [3.05, 3.63) is 0 Å². The molecule has 4 nitrogen and oxygen atoms in total. The van der Waals surface area contributed by atoms with E-state index in [1.165, 1.54) is 64.2 Å². The van der Waals surface area contributed by atoms with Crippen LogP contribution in [0.1, 0.15) is 143 Å². The van der Waals surface area contributed by atoms with E-state index in [-0.39, 0.29) is 12.3 Å². The molecule has 0 aliphatic heterocycles. The molecule has 0 heterocycles. The minimum atomic E-state index is -0.289. The van der Waals surface area contributed by atoms with Crippen LogP contribution in [0.2, 0.25) is 6.32 Å². The van der Waals surface area contributed by atoms with Crippen molar-refractivity contribution in [2.75, 3.05) is 19.8 Å². The van der Waals surface area contributed by atoms with Gasteiger partial charge in [0.05, 0.1) is 20.9 Å². The first-order valence-corrected chi connectivity index (χ1v) is 14.3. The van der Waals surface area contributed by atoms with Crippen LogP contribution in [0.3, 0.4) is 0 Å². The molecule has 0 saturated carbocycles. The molecule has 0 saturated heterocycles. The Morgan fingerprint density at radius 3 is 1.55 bits per heavy atom. The lowest BCUT2D eigenvalue weighted by atomic mass is 9.99. The summed E-state index contributed by atoms with van der Waals surface area (Å²) >= 11 is 0. The standard InChI is InChI=1S/C26H51BO4.C2H6/c1-3-5-7-9-12-17-23-30-26(31-24-18-13-10-8-6-4-2)20-19-25(28)29-22-16-14-11-15-21-27;1-2/h26H,3-24H2,1-2H3;1-2H3. The van der Waals surface area contributed by atoms with Crippen LogP contribution in [-0.4, -0.2) is 39.9 Å². The fourth-order valence-electron chi connectivity index (χ4n) is 3.50. The van der Waals surface area contributed by atoms with Gasteiger partial charge < -0.3 is 14.2 Å². The highest BCUT2D eigenvalue weighted by Gasteiger charge is 2.13. The Kier molecular flexibility index (Phi) is 33.0. The minimum Gasteiger partial charge on any atom is -0.466 e. The van der Waals surface area contributed by atoms with Crippen molar-refractivity contribution in [1.29, 1.82) is 0 Å². The van der Waals surface area contributed by atoms with Gasteiger partial charge >= 0.3 is 5.97 Å². The molecular weight excluding hydrogens is 411 g/mol. The molecule has 2 radical (unpaired) electrons. The molecule has 0 aliphatic carbocycles. The molecule has 5 heteroatoms. The van der Waals surface area contributed by atoms with Crippen LogP contribution >= 0.6 is 0 Å². The number of ether oxygens (including phenoxy) is 3. The van der Waals surface area contributed by atoms with E-state index in [2.05, 4.69) is 13.8 Å². The zero-order valence-corrected chi connectivity index (χ0v) is 22.8. The maximum atomic E-state index is 12.0. The second-order valence-electron chi connectivity index (χ2n) is 8.67. The summed E-state index contributed by atoms with van der Waals surface area (Å²) in [6, 6.07) is 0. The number of hydrogen-bond donors (Lipinski definition) is 0. The van der Waals surface area contributed by atoms with Gasteiger partial charge in [-0.15, -0.1) is 0 Å². The summed E-state index contributed by atoms with van der Waals surface area (Å²) in [7, 11) is 5.49. The highest BCUT2D eigenvalue weighted by molar-refractivity contribution is 6.08. The first-order chi connectivity index (χ1) is 16.2. The number of unbranched alkanes of at least 4 members (excludes halogenated alkanes) is 13. The summed E-state index contributed by atoms with van der Waals surface area (Å²) < 4.78 is 17.3. The molecule has 0 rings (SSSR count). The fraction of sp³-hybridized carbons (Fsp3) is 0.964. The summed E-state index contributed by atoms with van der Waals surface area (Å²) in [4.78, 5) is 12.0. The molecule has 0 unspecified atom stereocenters. The Bertz CT molecular complexity index is 348. The van der Waals surface area contributed by atoms with Gasteiger partial charge in [0.2, 0.25) is 0 Å². The summed E-state index contributed by atoms with van der Waals surface area (Å²) in [5.41, 5.74) is 0. The van der Waals surface area contributed by atoms with Crippen LogP contribution in [0.5, 0.6) is 0 Å². The lowest BCUT2D eigenvalue weighted by molar-refractivity contribution is -0.159. The summed E-state index contributed by atoms with van der Waals surface area (Å²) in [6.45, 7) is 10.4. The topological polar surface area (TPSA) is 44.8 Å². The van der Waals surface area contributed by atoms with Gasteiger partial charge in [0.1, 0.15) is 0 Å². The van der Waals surface area contributed by atoms with E-state index in [1.54, 1.807) is 0 Å². The maximum Gasteiger partial charge on any atom is 0.305 e. The van der Waals surface area contributed by atoms with Crippen LogP contribution in [-0.2, 0) is 19.0 Å². The van der Waals surface area contributed by atoms with Crippen molar-refractivity contribution in [2.45, 2.75) is 156 Å². The van der Waals surface area contributed by atoms with Crippen molar-refractivity contribution >= 4 is 13.8 Å². The Morgan fingerprint density at radius 2 is 1.06 bits per heavy atom. The van der Waals surface area contributed by atoms with Crippen molar-refractivity contribution in [3.63, 3.8) is 0 Å². The van der Waals surface area contributed by atoms with Gasteiger partial charge in [-0.1, -0.05) is 117 Å². The van der Waals surface area contributed by atoms with Crippen molar-refractivity contribution in [3.8, 4) is 0 Å². The Morgan fingerprint density at radius 1 is 0.636 bits per heavy atom. The monoisotopic (exact) mass is 468 g/mol. The first-order valence-electron chi connectivity index (χ1n) is 14.3. The maximum absolute atomic E-state index is 12.0. The third-order valence-corrected chi connectivity index (χ3v) is 5.55. The second-order valence-corrected chi connectivity index (χ2v) is 8.67. The van der Waals surface area contributed by atoms with Gasteiger partial charge in [-0.3, -0.25) is 4.79 Å². The number of carbonyl (C=O) groups excluding carboxylic acids is 1. The zero-order chi connectivity index (χ0) is 24.8. The highest BCUT2D eigenvalue weighted by Crippen LogP contribution is 2.12. The highest BCUT2D eigenvalue weighted by atomic mass is 16.7. The number of esters is 1. The Labute approximate surface area is 208 Å². The predicted molar refractivity (Wildman–Crippen MR) is 143 cm³/mol. The summed E-state index contributed by atoms with van der Waals surface area (Å²) in [6.07, 6.45) is 20.4. The van der Waals surface area contributed by atoms with Crippen LogP contribution in [0.4, 0.5) is 0 Å². The van der Waals surface area contributed by atoms with Gasteiger partial charge in [0.25, 0.3) is 0 Å². The smallest absolute Gasteiger partial charge is 0.305 e. The van der Waals surface area contributed by atoms with E-state index in [4.69, 9.17) is 22.1 Å². The zero-order valence-electron chi connectivity index (χ0n) is 22.8. The van der Waals surface area contributed by atoms with E-state index >= 15 is 0 Å². The van der Waals surface area contributed by atoms with Gasteiger partial charge in [-0.25, -0.2) is 0 Å². The third-order valence-electron chi connectivity index (χ3n) is 5.55. The lowest BCUT2D eigenvalue weighted by Gasteiger charge is -2.18. The van der Waals surface area contributed by atoms with E-state index in [0.29, 0.717) is 32.7 Å². The quantitative estimate of drug-likeness (QED) is 0.0582. The molecule has 196 valence electrons. The average molecular weight is 469 g/mol. The van der Waals surface area contributed by atoms with Crippen LogP contribution in [0.25, 0.3) is 0 Å². The SMILES string of the molecule is CC.[B]CCCCCCOC(=O)CCC(OCCCCCCCC)OCCCCCCCC. The molecule has 0 atom stereocenters. The molecule has 33 heavy (non-hydrogen) atoms. The van der Waals surface area contributed by atoms with E-state index in [9.17, 15) is 4.79 Å². The molecular formula is C28H57BO4. The molecule has 0 aliphatic rings. The van der Waals surface area contributed by atoms with Gasteiger partial charge in [-0.05, 0) is 19.3 Å². The molecule has 0 spiro atoms. The van der Waals surface area contributed by atoms with Crippen LogP contribution < -0.4 is 0 Å². The van der Waals surface area contributed by atoms with Gasteiger partial charge in [-0.2, -0.15) is 0 Å². The normalized spacial score (nSPS) is 10.8. The van der Waals surface area contributed by atoms with Crippen molar-refractivity contribution in [1.82, 2.24) is 0 Å². The largest absolute Gasteiger partial charge is 0.466 e. The lowest BCUT2D eigenvalue weighted by Crippen LogP contribution is -2.21. The van der Waals surface area contributed by atoms with Crippen LogP contribution in [0.15, 0.2) is 0 Å². The molecule has 0 fully saturated rings. The molecule has 0 aromatic rings. The number of hydrogen-bond acceptors (Lipinski definition) is 4. The summed E-state index contributed by atoms with van der Waals surface area (Å²) in [5.74, 6) is -0.143. The first kappa shape index (κ1) is 34.6. The fourth-order valence-corrected chi connectivity index (χ4v) is 3.50. The molecule has 0 N–H and O–H groups in total. The average Bonchev–Trinajstić information content (AvgIpc) is 2.84. The Balaban J connectivity index is 0. The molecule has 0 bridgehead atoms. The summed E-state index contributed by atoms with van der Waals surface area (Å²) in [5, 5.41) is 0. The van der Waals surface area contributed by atoms with Crippen molar-refractivity contribution in [2.24, 2.45) is 0 Å². The predicted octanol–water partition coefficient (Wildman–Crippen LogP) is 8.56. The third kappa shape index (κ3) is 29.4. The minimum absolute atomic E-state index is 0.143. The van der Waals surface area contributed by atoms with Crippen molar-refractivity contribution < 1.29 is 19.0 Å². The number of carbonyl (C=O) groups is 1. The van der Waals surface area contributed by atoms with E-state index in [0.717, 1.165) is 44.8 Å².